The van der Waals surface area contributed by atoms with E-state index in [0.29, 0.717) is 21.8 Å². The molecule has 0 aliphatic rings. The highest BCUT2D eigenvalue weighted by molar-refractivity contribution is 7.92. The predicted molar refractivity (Wildman–Crippen MR) is 108 cm³/mol. The van der Waals surface area contributed by atoms with Gasteiger partial charge in [0.15, 0.2) is 9.84 Å². The standard InChI is InChI=1S/C21H17ClN2O2S/c1-14-4-10-17(11-5-14)27(25,26)20(15-6-8-16(22)9-7-15)19-13-24-21-18(19)3-2-12-23-21/h2-13,20H,1H3,(H,23,24). The summed E-state index contributed by atoms with van der Waals surface area (Å²) in [7, 11) is -3.69. The zero-order valence-electron chi connectivity index (χ0n) is 14.6. The Hall–Kier alpha value is -2.63. The number of sulfone groups is 1. The van der Waals surface area contributed by atoms with Gasteiger partial charge in [-0.25, -0.2) is 13.4 Å². The Morgan fingerprint density at radius 3 is 2.41 bits per heavy atom. The van der Waals surface area contributed by atoms with Crippen LogP contribution >= 0.6 is 11.6 Å². The van der Waals surface area contributed by atoms with Crippen LogP contribution in [0.15, 0.2) is 78.0 Å². The first-order valence-corrected chi connectivity index (χ1v) is 10.4. The molecule has 136 valence electrons. The van der Waals surface area contributed by atoms with Gasteiger partial charge in [-0.15, -0.1) is 0 Å². The van der Waals surface area contributed by atoms with Gasteiger partial charge in [0.2, 0.25) is 0 Å². The van der Waals surface area contributed by atoms with Gasteiger partial charge in [-0.3, -0.25) is 0 Å². The topological polar surface area (TPSA) is 62.8 Å². The molecule has 4 nitrogen and oxygen atoms in total. The zero-order valence-corrected chi connectivity index (χ0v) is 16.1. The molecule has 0 aliphatic carbocycles. The summed E-state index contributed by atoms with van der Waals surface area (Å²) < 4.78 is 27.2. The van der Waals surface area contributed by atoms with Crippen LogP contribution in [0, 0.1) is 6.92 Å². The molecule has 0 bridgehead atoms. The second kappa shape index (κ2) is 6.83. The molecule has 2 heterocycles. The molecule has 2 aromatic heterocycles. The molecule has 1 unspecified atom stereocenters. The largest absolute Gasteiger partial charge is 0.346 e. The van der Waals surface area contributed by atoms with E-state index in [1.807, 2.05) is 25.1 Å². The van der Waals surface area contributed by atoms with Crippen LogP contribution in [0.4, 0.5) is 0 Å². The molecule has 2 aromatic carbocycles. The van der Waals surface area contributed by atoms with Crippen molar-refractivity contribution in [3.05, 3.63) is 94.8 Å². The van der Waals surface area contributed by atoms with Crippen LogP contribution in [0.25, 0.3) is 11.0 Å². The van der Waals surface area contributed by atoms with Crippen molar-refractivity contribution in [3.63, 3.8) is 0 Å². The van der Waals surface area contributed by atoms with Crippen molar-refractivity contribution in [2.75, 3.05) is 0 Å². The number of benzene rings is 2. The summed E-state index contributed by atoms with van der Waals surface area (Å²) in [5, 5.41) is 0.481. The highest BCUT2D eigenvalue weighted by Gasteiger charge is 2.32. The number of aryl methyl sites for hydroxylation is 1. The number of hydrogen-bond acceptors (Lipinski definition) is 3. The van der Waals surface area contributed by atoms with Gasteiger partial charge in [0, 0.05) is 28.4 Å². The maximum atomic E-state index is 13.6. The van der Waals surface area contributed by atoms with Gasteiger partial charge >= 0.3 is 0 Å². The van der Waals surface area contributed by atoms with Crippen molar-refractivity contribution in [1.82, 2.24) is 9.97 Å². The molecule has 4 rings (SSSR count). The summed E-state index contributed by atoms with van der Waals surface area (Å²) in [4.78, 5) is 7.65. The summed E-state index contributed by atoms with van der Waals surface area (Å²) in [6.45, 7) is 1.93. The fraction of sp³-hybridized carbons (Fsp3) is 0.0952. The molecule has 27 heavy (non-hydrogen) atoms. The summed E-state index contributed by atoms with van der Waals surface area (Å²) in [6.07, 6.45) is 3.40. The van der Waals surface area contributed by atoms with Crippen molar-refractivity contribution in [2.24, 2.45) is 0 Å². The molecule has 4 aromatic rings. The van der Waals surface area contributed by atoms with E-state index < -0.39 is 15.1 Å². The molecule has 6 heteroatoms. The molecule has 0 radical (unpaired) electrons. The first-order chi connectivity index (χ1) is 13.0. The number of nitrogens with one attached hydrogen (secondary N) is 1. The van der Waals surface area contributed by atoms with E-state index in [4.69, 9.17) is 11.6 Å². The fourth-order valence-electron chi connectivity index (χ4n) is 3.22. The van der Waals surface area contributed by atoms with Gasteiger partial charge in [-0.2, -0.15) is 0 Å². The Balaban J connectivity index is 1.96. The van der Waals surface area contributed by atoms with Gasteiger partial charge in [-0.1, -0.05) is 41.4 Å². The molecule has 1 atom stereocenters. The second-order valence-electron chi connectivity index (χ2n) is 6.43. The number of rotatable bonds is 4. The van der Waals surface area contributed by atoms with Crippen molar-refractivity contribution >= 4 is 32.5 Å². The fourth-order valence-corrected chi connectivity index (χ4v) is 5.18. The van der Waals surface area contributed by atoms with E-state index in [9.17, 15) is 8.42 Å². The molecule has 0 saturated carbocycles. The van der Waals surface area contributed by atoms with Crippen molar-refractivity contribution in [3.8, 4) is 0 Å². The Bertz CT molecular complexity index is 1200. The number of aromatic amines is 1. The lowest BCUT2D eigenvalue weighted by Crippen LogP contribution is -2.15. The Kier molecular flexibility index (Phi) is 4.50. The molecular formula is C21H17ClN2O2S. The minimum atomic E-state index is -3.69. The Morgan fingerprint density at radius 2 is 1.70 bits per heavy atom. The third-order valence-corrected chi connectivity index (χ3v) is 6.93. The van der Waals surface area contributed by atoms with E-state index in [2.05, 4.69) is 9.97 Å². The van der Waals surface area contributed by atoms with E-state index in [1.165, 1.54) is 0 Å². The predicted octanol–water partition coefficient (Wildman–Crippen LogP) is 5.09. The van der Waals surface area contributed by atoms with Crippen LogP contribution in [0.5, 0.6) is 0 Å². The van der Waals surface area contributed by atoms with Crippen molar-refractivity contribution < 1.29 is 8.42 Å². The number of hydrogen-bond donors (Lipinski definition) is 1. The maximum Gasteiger partial charge on any atom is 0.189 e. The molecule has 0 spiro atoms. The van der Waals surface area contributed by atoms with Crippen LogP contribution < -0.4 is 0 Å². The Morgan fingerprint density at radius 1 is 1.00 bits per heavy atom. The minimum absolute atomic E-state index is 0.284. The third kappa shape index (κ3) is 3.24. The van der Waals surface area contributed by atoms with Gasteiger partial charge in [0.05, 0.1) is 4.90 Å². The molecular weight excluding hydrogens is 380 g/mol. The lowest BCUT2D eigenvalue weighted by molar-refractivity contribution is 0.589. The molecule has 0 aliphatic heterocycles. The molecule has 0 saturated heterocycles. The van der Waals surface area contributed by atoms with Crippen LogP contribution in [0.1, 0.15) is 21.9 Å². The average Bonchev–Trinajstić information content (AvgIpc) is 3.08. The van der Waals surface area contributed by atoms with Crippen LogP contribution in [-0.2, 0) is 9.84 Å². The highest BCUT2D eigenvalue weighted by atomic mass is 35.5. The van der Waals surface area contributed by atoms with Crippen LogP contribution in [-0.4, -0.2) is 18.4 Å². The van der Waals surface area contributed by atoms with Gasteiger partial charge < -0.3 is 4.98 Å². The summed E-state index contributed by atoms with van der Waals surface area (Å²) in [5.41, 5.74) is 2.99. The number of pyridine rings is 1. The number of aromatic nitrogens is 2. The van der Waals surface area contributed by atoms with Gasteiger partial charge in [0.1, 0.15) is 10.9 Å². The highest BCUT2D eigenvalue weighted by Crippen LogP contribution is 2.38. The number of nitrogens with zero attached hydrogens (tertiary/aromatic N) is 1. The maximum absolute atomic E-state index is 13.6. The average molecular weight is 397 g/mol. The number of H-pyrrole nitrogens is 1. The van der Waals surface area contributed by atoms with E-state index >= 15 is 0 Å². The van der Waals surface area contributed by atoms with Crippen LogP contribution in [0.2, 0.25) is 5.02 Å². The first kappa shape index (κ1) is 17.8. The summed E-state index contributed by atoms with van der Waals surface area (Å²) in [5.74, 6) is 0. The van der Waals surface area contributed by atoms with Crippen LogP contribution in [0.3, 0.4) is 0 Å². The van der Waals surface area contributed by atoms with Crippen molar-refractivity contribution in [1.29, 1.82) is 0 Å². The molecule has 1 N–H and O–H groups in total. The minimum Gasteiger partial charge on any atom is -0.346 e. The van der Waals surface area contributed by atoms with Gasteiger partial charge in [-0.05, 0) is 48.9 Å². The lowest BCUT2D eigenvalue weighted by Gasteiger charge is -2.18. The zero-order chi connectivity index (χ0) is 19.0. The lowest BCUT2D eigenvalue weighted by atomic mass is 10.0. The number of halogens is 1. The first-order valence-electron chi connectivity index (χ1n) is 8.45. The number of fused-ring (bicyclic) bond motifs is 1. The summed E-state index contributed by atoms with van der Waals surface area (Å²) in [6, 6.07) is 17.5. The van der Waals surface area contributed by atoms with Gasteiger partial charge in [0.25, 0.3) is 0 Å². The quantitative estimate of drug-likeness (QED) is 0.522. The second-order valence-corrected chi connectivity index (χ2v) is 8.90. The smallest absolute Gasteiger partial charge is 0.189 e. The third-order valence-electron chi connectivity index (χ3n) is 4.60. The normalized spacial score (nSPS) is 13.0. The SMILES string of the molecule is Cc1ccc(S(=O)(=O)C(c2ccc(Cl)cc2)c2c[nH]c3ncccc23)cc1. The van der Waals surface area contributed by atoms with E-state index in [0.717, 1.165) is 10.9 Å². The summed E-state index contributed by atoms with van der Waals surface area (Å²) >= 11 is 6.02. The molecule has 0 amide bonds. The van der Waals surface area contributed by atoms with E-state index in [-0.39, 0.29) is 4.90 Å². The molecule has 0 fully saturated rings. The van der Waals surface area contributed by atoms with E-state index in [1.54, 1.807) is 54.9 Å². The monoisotopic (exact) mass is 396 g/mol. The Labute approximate surface area is 162 Å². The van der Waals surface area contributed by atoms with Crippen molar-refractivity contribution in [2.45, 2.75) is 17.1 Å².